The maximum absolute atomic E-state index is 13.4. The molecule has 148 valence electrons. The van der Waals surface area contributed by atoms with Crippen molar-refractivity contribution in [2.45, 2.75) is 57.2 Å². The third-order valence-corrected chi connectivity index (χ3v) is 6.15. The Labute approximate surface area is 159 Å². The number of rotatable bonds is 5. The van der Waals surface area contributed by atoms with E-state index in [1.807, 2.05) is 0 Å². The topological polar surface area (TPSA) is 35.6 Å². The minimum Gasteiger partial charge on any atom is -0.353 e. The summed E-state index contributed by atoms with van der Waals surface area (Å²) in [6, 6.07) is 4.71. The third kappa shape index (κ3) is 5.05. The van der Waals surface area contributed by atoms with E-state index >= 15 is 0 Å². The molecule has 1 atom stereocenters. The lowest BCUT2D eigenvalue weighted by Crippen LogP contribution is -2.50. The number of amides is 1. The van der Waals surface area contributed by atoms with Gasteiger partial charge in [0.15, 0.2) is 0 Å². The van der Waals surface area contributed by atoms with Crippen LogP contribution in [0, 0.1) is 17.6 Å². The van der Waals surface area contributed by atoms with E-state index in [1.54, 1.807) is 0 Å². The van der Waals surface area contributed by atoms with Crippen LogP contribution in [0.1, 0.15) is 44.1 Å². The van der Waals surface area contributed by atoms with Crippen molar-refractivity contribution in [3.63, 3.8) is 0 Å². The van der Waals surface area contributed by atoms with Crippen LogP contribution in [0.15, 0.2) is 18.2 Å². The summed E-state index contributed by atoms with van der Waals surface area (Å²) in [5.74, 6) is -0.646. The number of nitrogens with one attached hydrogen (secondary N) is 1. The molecule has 4 rings (SSSR count). The Balaban J connectivity index is 1.26. The van der Waals surface area contributed by atoms with Crippen molar-refractivity contribution in [3.05, 3.63) is 35.4 Å². The molecule has 4 nitrogen and oxygen atoms in total. The monoisotopic (exact) mass is 377 g/mol. The Bertz CT molecular complexity index is 651. The zero-order chi connectivity index (χ0) is 18.8. The van der Waals surface area contributed by atoms with Gasteiger partial charge in [-0.1, -0.05) is 0 Å². The molecule has 3 fully saturated rings. The zero-order valence-corrected chi connectivity index (χ0v) is 15.8. The van der Waals surface area contributed by atoms with Crippen LogP contribution in [0.3, 0.4) is 0 Å². The number of halogens is 2. The fraction of sp³-hybridized carbons (Fsp3) is 0.667. The fourth-order valence-corrected chi connectivity index (χ4v) is 4.50. The second kappa shape index (κ2) is 8.23. The van der Waals surface area contributed by atoms with E-state index in [0.717, 1.165) is 70.8 Å². The summed E-state index contributed by atoms with van der Waals surface area (Å²) in [6.07, 6.45) is 6.46. The van der Waals surface area contributed by atoms with Gasteiger partial charge < -0.3 is 5.32 Å². The predicted octanol–water partition coefficient (Wildman–Crippen LogP) is 2.92. The van der Waals surface area contributed by atoms with Crippen molar-refractivity contribution in [2.24, 2.45) is 5.92 Å². The number of carbonyl (C=O) groups is 1. The molecule has 1 saturated carbocycles. The van der Waals surface area contributed by atoms with Gasteiger partial charge in [0.05, 0.1) is 5.92 Å². The molecule has 0 radical (unpaired) electrons. The van der Waals surface area contributed by atoms with Gasteiger partial charge in [0.1, 0.15) is 11.6 Å². The Kier molecular flexibility index (Phi) is 5.74. The molecule has 2 saturated heterocycles. The maximum Gasteiger partial charge on any atom is 0.224 e. The van der Waals surface area contributed by atoms with Gasteiger partial charge in [-0.05, 0) is 75.9 Å². The first-order valence-electron chi connectivity index (χ1n) is 10.3. The summed E-state index contributed by atoms with van der Waals surface area (Å²) in [4.78, 5) is 17.1. The van der Waals surface area contributed by atoms with Crippen LogP contribution in [0.5, 0.6) is 0 Å². The van der Waals surface area contributed by atoms with E-state index in [-0.39, 0.29) is 11.8 Å². The molecule has 0 bridgehead atoms. The highest BCUT2D eigenvalue weighted by Crippen LogP contribution is 2.26. The number of benzene rings is 1. The second-order valence-electron chi connectivity index (χ2n) is 8.40. The molecule has 3 aliphatic rings. The zero-order valence-electron chi connectivity index (χ0n) is 15.8. The van der Waals surface area contributed by atoms with Crippen molar-refractivity contribution in [1.29, 1.82) is 0 Å². The summed E-state index contributed by atoms with van der Waals surface area (Å²) in [5, 5.41) is 3.16. The Morgan fingerprint density at radius 1 is 1.00 bits per heavy atom. The molecule has 0 spiro atoms. The summed E-state index contributed by atoms with van der Waals surface area (Å²) in [7, 11) is 0. The highest BCUT2D eigenvalue weighted by molar-refractivity contribution is 5.79. The van der Waals surface area contributed by atoms with Crippen LogP contribution in [0.2, 0.25) is 0 Å². The molecule has 1 aliphatic carbocycles. The summed E-state index contributed by atoms with van der Waals surface area (Å²) in [6.45, 7) is 4.40. The first kappa shape index (κ1) is 18.8. The average molecular weight is 377 g/mol. The van der Waals surface area contributed by atoms with E-state index in [4.69, 9.17) is 0 Å². The van der Waals surface area contributed by atoms with Gasteiger partial charge in [0.2, 0.25) is 5.91 Å². The minimum absolute atomic E-state index is 0.132. The van der Waals surface area contributed by atoms with Crippen molar-refractivity contribution in [1.82, 2.24) is 15.1 Å². The van der Waals surface area contributed by atoms with Crippen LogP contribution >= 0.6 is 0 Å². The number of hydrogen-bond acceptors (Lipinski definition) is 3. The van der Waals surface area contributed by atoms with Gasteiger partial charge in [-0.25, -0.2) is 8.78 Å². The number of hydrogen-bond donors (Lipinski definition) is 1. The third-order valence-electron chi connectivity index (χ3n) is 6.15. The van der Waals surface area contributed by atoms with Crippen molar-refractivity contribution in [2.75, 3.05) is 26.2 Å². The Morgan fingerprint density at radius 3 is 2.37 bits per heavy atom. The Morgan fingerprint density at radius 2 is 1.70 bits per heavy atom. The van der Waals surface area contributed by atoms with Gasteiger partial charge >= 0.3 is 0 Å². The summed E-state index contributed by atoms with van der Waals surface area (Å²) < 4.78 is 26.7. The highest BCUT2D eigenvalue weighted by atomic mass is 19.1. The Hall–Kier alpha value is -1.53. The predicted molar refractivity (Wildman–Crippen MR) is 100 cm³/mol. The van der Waals surface area contributed by atoms with Gasteiger partial charge in [-0.15, -0.1) is 0 Å². The number of piperidine rings is 2. The lowest BCUT2D eigenvalue weighted by molar-refractivity contribution is -0.127. The van der Waals surface area contributed by atoms with Crippen LogP contribution in [-0.4, -0.2) is 54.0 Å². The molecule has 6 heteroatoms. The fourth-order valence-electron chi connectivity index (χ4n) is 4.50. The SMILES string of the molecule is O=C(NC1CC1)[C@@H]1CCCN(C2CCN(Cc3cc(F)cc(F)c3)CC2)C1. The van der Waals surface area contributed by atoms with Crippen LogP contribution in [-0.2, 0) is 11.3 Å². The van der Waals surface area contributed by atoms with Crippen LogP contribution < -0.4 is 5.32 Å². The molecular formula is C21H29F2N3O. The molecule has 2 heterocycles. The first-order valence-corrected chi connectivity index (χ1v) is 10.3. The van der Waals surface area contributed by atoms with Crippen molar-refractivity contribution in [3.8, 4) is 0 Å². The van der Waals surface area contributed by atoms with E-state index in [9.17, 15) is 13.6 Å². The van der Waals surface area contributed by atoms with E-state index in [1.165, 1.54) is 12.1 Å². The summed E-state index contributed by atoms with van der Waals surface area (Å²) in [5.41, 5.74) is 0.695. The lowest BCUT2D eigenvalue weighted by Gasteiger charge is -2.42. The number of carbonyl (C=O) groups excluding carboxylic acids is 1. The normalized spacial score (nSPS) is 25.5. The smallest absolute Gasteiger partial charge is 0.224 e. The first-order chi connectivity index (χ1) is 13.1. The average Bonchev–Trinajstić information content (AvgIpc) is 3.45. The molecule has 1 amide bonds. The molecule has 0 unspecified atom stereocenters. The van der Waals surface area contributed by atoms with Gasteiger partial charge in [0, 0.05) is 31.2 Å². The number of likely N-dealkylation sites (tertiary alicyclic amines) is 2. The molecule has 1 aromatic carbocycles. The molecule has 1 aromatic rings. The molecular weight excluding hydrogens is 348 g/mol. The van der Waals surface area contributed by atoms with Crippen LogP contribution in [0.4, 0.5) is 8.78 Å². The molecule has 27 heavy (non-hydrogen) atoms. The van der Waals surface area contributed by atoms with Crippen LogP contribution in [0.25, 0.3) is 0 Å². The quantitative estimate of drug-likeness (QED) is 0.857. The van der Waals surface area contributed by atoms with Crippen molar-refractivity contribution < 1.29 is 13.6 Å². The molecule has 0 aromatic heterocycles. The minimum atomic E-state index is -0.510. The van der Waals surface area contributed by atoms with Gasteiger partial charge in [-0.2, -0.15) is 0 Å². The summed E-state index contributed by atoms with van der Waals surface area (Å²) >= 11 is 0. The standard InChI is InChI=1S/C21H29F2N3O/c22-17-10-15(11-18(23)12-17)13-25-8-5-20(6-9-25)26-7-1-2-16(14-26)21(27)24-19-3-4-19/h10-12,16,19-20H,1-9,13-14H2,(H,24,27)/t16-/m1/s1. The maximum atomic E-state index is 13.4. The second-order valence-corrected chi connectivity index (χ2v) is 8.40. The molecule has 1 N–H and O–H groups in total. The highest BCUT2D eigenvalue weighted by Gasteiger charge is 2.33. The van der Waals surface area contributed by atoms with E-state index < -0.39 is 11.6 Å². The van der Waals surface area contributed by atoms with Crippen molar-refractivity contribution >= 4 is 5.91 Å². The largest absolute Gasteiger partial charge is 0.353 e. The van der Waals surface area contributed by atoms with E-state index in [2.05, 4.69) is 15.1 Å². The lowest BCUT2D eigenvalue weighted by atomic mass is 9.93. The van der Waals surface area contributed by atoms with Gasteiger partial charge in [-0.3, -0.25) is 14.6 Å². The molecule has 2 aliphatic heterocycles. The number of nitrogens with zero attached hydrogens (tertiary/aromatic N) is 2. The van der Waals surface area contributed by atoms with Gasteiger partial charge in [0.25, 0.3) is 0 Å². The van der Waals surface area contributed by atoms with E-state index in [0.29, 0.717) is 24.2 Å².